The van der Waals surface area contributed by atoms with E-state index in [4.69, 9.17) is 4.42 Å². The van der Waals surface area contributed by atoms with Crippen LogP contribution in [-0.4, -0.2) is 49.7 Å². The van der Waals surface area contributed by atoms with Crippen molar-refractivity contribution in [1.82, 2.24) is 9.21 Å². The molecule has 1 saturated heterocycles. The van der Waals surface area contributed by atoms with Gasteiger partial charge in [-0.15, -0.1) is 0 Å². The number of para-hydroxylation sites is 1. The molecule has 1 aliphatic rings. The molecule has 8 heteroatoms. The summed E-state index contributed by atoms with van der Waals surface area (Å²) in [5.74, 6) is -0.764. The first kappa shape index (κ1) is 19.6. The fraction of sp³-hybridized carbons (Fsp3) is 0.286. The van der Waals surface area contributed by atoms with Gasteiger partial charge < -0.3 is 9.32 Å². The quantitative estimate of drug-likeness (QED) is 0.657. The number of sulfonamides is 1. The molecule has 152 valence electrons. The van der Waals surface area contributed by atoms with E-state index in [1.807, 2.05) is 32.0 Å². The van der Waals surface area contributed by atoms with E-state index in [0.717, 1.165) is 22.6 Å². The zero-order valence-corrected chi connectivity index (χ0v) is 17.0. The highest BCUT2D eigenvalue weighted by Gasteiger charge is 2.33. The van der Waals surface area contributed by atoms with E-state index >= 15 is 0 Å². The number of nitrogens with zero attached hydrogens (tertiary/aromatic N) is 2. The number of halogens is 1. The number of hydrogen-bond acceptors (Lipinski definition) is 4. The summed E-state index contributed by atoms with van der Waals surface area (Å²) >= 11 is 0. The Bertz CT molecular complexity index is 1190. The van der Waals surface area contributed by atoms with Crippen LogP contribution < -0.4 is 0 Å². The Kier molecular flexibility index (Phi) is 4.92. The third-order valence-corrected chi connectivity index (χ3v) is 7.27. The number of hydrogen-bond donors (Lipinski definition) is 0. The molecule has 0 saturated carbocycles. The Morgan fingerprint density at radius 1 is 1.00 bits per heavy atom. The zero-order chi connectivity index (χ0) is 20.8. The molecular formula is C21H21FN2O4S. The summed E-state index contributed by atoms with van der Waals surface area (Å²) in [4.78, 5) is 14.2. The summed E-state index contributed by atoms with van der Waals surface area (Å²) in [5.41, 5.74) is 2.41. The Morgan fingerprint density at radius 3 is 2.34 bits per heavy atom. The van der Waals surface area contributed by atoms with Crippen LogP contribution in [0.15, 0.2) is 51.8 Å². The van der Waals surface area contributed by atoms with Gasteiger partial charge in [-0.1, -0.05) is 30.3 Å². The number of furan rings is 1. The highest BCUT2D eigenvalue weighted by Crippen LogP contribution is 2.29. The standard InChI is InChI=1S/C21H21FN2O4S/c1-14-6-5-7-16-15(2)20(28-19(14)16)21(25)23-10-12-24(13-11-23)29(26,27)18-9-4-3-8-17(18)22/h3-9H,10-13H2,1-2H3. The summed E-state index contributed by atoms with van der Waals surface area (Å²) in [7, 11) is -3.94. The fourth-order valence-electron chi connectivity index (χ4n) is 3.66. The molecule has 29 heavy (non-hydrogen) atoms. The zero-order valence-electron chi connectivity index (χ0n) is 16.2. The van der Waals surface area contributed by atoms with E-state index in [2.05, 4.69) is 0 Å². The molecule has 0 radical (unpaired) electrons. The maximum atomic E-state index is 14.0. The highest BCUT2D eigenvalue weighted by molar-refractivity contribution is 7.89. The second-order valence-electron chi connectivity index (χ2n) is 7.13. The van der Waals surface area contributed by atoms with E-state index in [9.17, 15) is 17.6 Å². The third kappa shape index (κ3) is 3.32. The van der Waals surface area contributed by atoms with Crippen LogP contribution in [-0.2, 0) is 10.0 Å². The van der Waals surface area contributed by atoms with Gasteiger partial charge in [0.25, 0.3) is 5.91 Å². The summed E-state index contributed by atoms with van der Waals surface area (Å²) in [6.07, 6.45) is 0. The van der Waals surface area contributed by atoms with Crippen molar-refractivity contribution in [2.24, 2.45) is 0 Å². The Morgan fingerprint density at radius 2 is 1.69 bits per heavy atom. The lowest BCUT2D eigenvalue weighted by molar-refractivity contribution is 0.0667. The largest absolute Gasteiger partial charge is 0.450 e. The summed E-state index contributed by atoms with van der Waals surface area (Å²) in [6, 6.07) is 11.1. The van der Waals surface area contributed by atoms with Gasteiger partial charge in [-0.25, -0.2) is 12.8 Å². The molecule has 0 aliphatic carbocycles. The second kappa shape index (κ2) is 7.27. The fourth-order valence-corrected chi connectivity index (χ4v) is 5.14. The molecule has 1 amide bonds. The van der Waals surface area contributed by atoms with Crippen LogP contribution in [0.4, 0.5) is 4.39 Å². The molecule has 2 aromatic carbocycles. The van der Waals surface area contributed by atoms with Crippen LogP contribution in [0.5, 0.6) is 0 Å². The predicted molar refractivity (Wildman–Crippen MR) is 107 cm³/mol. The van der Waals surface area contributed by atoms with Gasteiger partial charge in [0.2, 0.25) is 10.0 Å². The van der Waals surface area contributed by atoms with E-state index in [1.165, 1.54) is 22.5 Å². The topological polar surface area (TPSA) is 70.8 Å². The van der Waals surface area contributed by atoms with Crippen molar-refractivity contribution >= 4 is 26.9 Å². The molecule has 1 aromatic heterocycles. The highest BCUT2D eigenvalue weighted by atomic mass is 32.2. The van der Waals surface area contributed by atoms with Crippen molar-refractivity contribution in [3.8, 4) is 0 Å². The molecule has 0 spiro atoms. The number of aryl methyl sites for hydroxylation is 2. The SMILES string of the molecule is Cc1c(C(=O)N2CCN(S(=O)(=O)c3ccccc3F)CC2)oc2c(C)cccc12. The number of rotatable bonds is 3. The van der Waals surface area contributed by atoms with Crippen LogP contribution in [0, 0.1) is 19.7 Å². The van der Waals surface area contributed by atoms with Gasteiger partial charge in [0.1, 0.15) is 16.3 Å². The summed E-state index contributed by atoms with van der Waals surface area (Å²) < 4.78 is 46.5. The van der Waals surface area contributed by atoms with Gasteiger partial charge in [0.15, 0.2) is 5.76 Å². The van der Waals surface area contributed by atoms with E-state index in [1.54, 1.807) is 4.90 Å². The van der Waals surface area contributed by atoms with Crippen LogP contribution in [0.2, 0.25) is 0 Å². The Hall–Kier alpha value is -2.71. The molecule has 0 bridgehead atoms. The van der Waals surface area contributed by atoms with Gasteiger partial charge in [0, 0.05) is 37.1 Å². The number of carbonyl (C=O) groups is 1. The second-order valence-corrected chi connectivity index (χ2v) is 9.04. The van der Waals surface area contributed by atoms with Crippen LogP contribution in [0.3, 0.4) is 0 Å². The average molecular weight is 416 g/mol. The Balaban J connectivity index is 1.53. The van der Waals surface area contributed by atoms with Crippen LogP contribution >= 0.6 is 0 Å². The lowest BCUT2D eigenvalue weighted by atomic mass is 10.1. The molecular weight excluding hydrogens is 395 g/mol. The molecule has 1 aliphatic heterocycles. The maximum Gasteiger partial charge on any atom is 0.289 e. The van der Waals surface area contributed by atoms with Crippen molar-refractivity contribution in [2.75, 3.05) is 26.2 Å². The average Bonchev–Trinajstić information content (AvgIpc) is 3.06. The number of amides is 1. The Labute approximate surface area is 168 Å². The normalized spacial score (nSPS) is 15.8. The molecule has 4 rings (SSSR count). The number of benzene rings is 2. The van der Waals surface area contributed by atoms with Crippen LogP contribution in [0.1, 0.15) is 21.7 Å². The lowest BCUT2D eigenvalue weighted by Gasteiger charge is -2.33. The van der Waals surface area contributed by atoms with E-state index in [-0.39, 0.29) is 42.7 Å². The smallest absolute Gasteiger partial charge is 0.289 e. The van der Waals surface area contributed by atoms with Gasteiger partial charge >= 0.3 is 0 Å². The molecule has 1 fully saturated rings. The first-order chi connectivity index (χ1) is 13.8. The first-order valence-corrected chi connectivity index (χ1v) is 10.8. The molecule has 2 heterocycles. The number of carbonyl (C=O) groups excluding carboxylic acids is 1. The van der Waals surface area contributed by atoms with Crippen molar-refractivity contribution in [1.29, 1.82) is 0 Å². The maximum absolute atomic E-state index is 14.0. The van der Waals surface area contributed by atoms with Crippen LogP contribution in [0.25, 0.3) is 11.0 Å². The molecule has 3 aromatic rings. The predicted octanol–water partition coefficient (Wildman–Crippen LogP) is 3.34. The van der Waals surface area contributed by atoms with Gasteiger partial charge in [0.05, 0.1) is 0 Å². The van der Waals surface area contributed by atoms with E-state index < -0.39 is 15.8 Å². The third-order valence-electron chi connectivity index (χ3n) is 5.34. The minimum atomic E-state index is -3.94. The monoisotopic (exact) mass is 416 g/mol. The van der Waals surface area contributed by atoms with Crippen molar-refractivity contribution in [3.63, 3.8) is 0 Å². The van der Waals surface area contributed by atoms with Crippen molar-refractivity contribution in [3.05, 3.63) is 65.2 Å². The molecule has 0 N–H and O–H groups in total. The van der Waals surface area contributed by atoms with Gasteiger partial charge in [-0.3, -0.25) is 4.79 Å². The van der Waals surface area contributed by atoms with Crippen molar-refractivity contribution in [2.45, 2.75) is 18.7 Å². The number of piperazine rings is 1. The summed E-state index contributed by atoms with van der Waals surface area (Å²) in [5, 5.41) is 0.897. The summed E-state index contributed by atoms with van der Waals surface area (Å²) in [6.45, 7) is 4.38. The lowest BCUT2D eigenvalue weighted by Crippen LogP contribution is -2.50. The first-order valence-electron chi connectivity index (χ1n) is 9.33. The molecule has 6 nitrogen and oxygen atoms in total. The molecule has 0 unspecified atom stereocenters. The minimum Gasteiger partial charge on any atom is -0.450 e. The van der Waals surface area contributed by atoms with Gasteiger partial charge in [-0.2, -0.15) is 4.31 Å². The molecule has 0 atom stereocenters. The number of fused-ring (bicyclic) bond motifs is 1. The minimum absolute atomic E-state index is 0.0979. The van der Waals surface area contributed by atoms with Gasteiger partial charge in [-0.05, 0) is 31.5 Å². The van der Waals surface area contributed by atoms with Crippen molar-refractivity contribution < 1.29 is 22.0 Å². The van der Waals surface area contributed by atoms with E-state index in [0.29, 0.717) is 5.58 Å².